The van der Waals surface area contributed by atoms with E-state index in [0.717, 1.165) is 45.2 Å². The van der Waals surface area contributed by atoms with Gasteiger partial charge in [-0.2, -0.15) is 5.10 Å². The van der Waals surface area contributed by atoms with Crippen molar-refractivity contribution in [3.05, 3.63) is 18.0 Å². The number of likely N-dealkylation sites (tertiary alicyclic amines) is 1. The van der Waals surface area contributed by atoms with Gasteiger partial charge in [0.1, 0.15) is 0 Å². The van der Waals surface area contributed by atoms with Crippen LogP contribution in [0.25, 0.3) is 0 Å². The van der Waals surface area contributed by atoms with Crippen LogP contribution in [0.15, 0.2) is 17.4 Å². The van der Waals surface area contributed by atoms with Crippen molar-refractivity contribution in [1.29, 1.82) is 0 Å². The number of aromatic nitrogens is 2. The molecule has 1 N–H and O–H groups in total. The van der Waals surface area contributed by atoms with E-state index in [1.807, 2.05) is 17.9 Å². The molecule has 1 aliphatic carbocycles. The van der Waals surface area contributed by atoms with Gasteiger partial charge in [-0.15, -0.1) is 0 Å². The molecule has 6 nitrogen and oxygen atoms in total. The van der Waals surface area contributed by atoms with E-state index in [9.17, 15) is 0 Å². The molecule has 0 amide bonds. The van der Waals surface area contributed by atoms with Gasteiger partial charge in [0.2, 0.25) is 0 Å². The lowest BCUT2D eigenvalue weighted by Crippen LogP contribution is -2.40. The summed E-state index contributed by atoms with van der Waals surface area (Å²) >= 11 is 0. The number of nitrogens with zero attached hydrogens (tertiary/aromatic N) is 4. The first-order valence-electron chi connectivity index (χ1n) is 10.4. The summed E-state index contributed by atoms with van der Waals surface area (Å²) in [5, 5.41) is 7.76. The highest BCUT2D eigenvalue weighted by Gasteiger charge is 2.26. The fourth-order valence-corrected chi connectivity index (χ4v) is 4.08. The first-order valence-corrected chi connectivity index (χ1v) is 10.4. The average molecular weight is 362 g/mol. The highest BCUT2D eigenvalue weighted by molar-refractivity contribution is 5.80. The number of ether oxygens (including phenoxy) is 1. The molecule has 2 fully saturated rings. The zero-order valence-electron chi connectivity index (χ0n) is 16.5. The van der Waals surface area contributed by atoms with Crippen molar-refractivity contribution in [2.75, 3.05) is 32.8 Å². The minimum absolute atomic E-state index is 0.456. The molecule has 0 aromatic carbocycles. The van der Waals surface area contributed by atoms with Gasteiger partial charge >= 0.3 is 0 Å². The molecule has 1 aliphatic heterocycles. The Hall–Kier alpha value is -1.56. The van der Waals surface area contributed by atoms with Gasteiger partial charge in [-0.1, -0.05) is 25.7 Å². The predicted octanol–water partition coefficient (Wildman–Crippen LogP) is 2.91. The summed E-state index contributed by atoms with van der Waals surface area (Å²) in [6.45, 7) is 6.57. The van der Waals surface area contributed by atoms with Crippen molar-refractivity contribution in [3.63, 3.8) is 0 Å². The number of rotatable bonds is 6. The van der Waals surface area contributed by atoms with E-state index >= 15 is 0 Å². The van der Waals surface area contributed by atoms with Gasteiger partial charge in [0.05, 0.1) is 25.5 Å². The van der Waals surface area contributed by atoms with Crippen LogP contribution in [0, 0.1) is 0 Å². The molecule has 0 radical (unpaired) electrons. The van der Waals surface area contributed by atoms with E-state index in [0.29, 0.717) is 12.0 Å². The minimum atomic E-state index is 0.456. The molecular formula is C20H35N5O. The van der Waals surface area contributed by atoms with E-state index in [2.05, 4.69) is 28.4 Å². The Morgan fingerprint density at radius 1 is 1.27 bits per heavy atom. The quantitative estimate of drug-likeness (QED) is 0.366. The lowest BCUT2D eigenvalue weighted by molar-refractivity contribution is 0.0486. The topological polar surface area (TPSA) is 54.7 Å². The first-order chi connectivity index (χ1) is 12.8. The molecule has 6 heteroatoms. The SMILES string of the molecule is CCNC(=NCCOC1CCCCCC1)N1CCC(c2cnn(C)c2)C1. The van der Waals surface area contributed by atoms with Crippen LogP contribution >= 0.6 is 0 Å². The standard InChI is InChI=1S/C20H35N5O/c1-3-21-20(22-11-13-26-19-8-6-4-5-7-9-19)25-12-10-17(16-25)18-14-23-24(2)15-18/h14-15,17,19H,3-13,16H2,1-2H3,(H,21,22). The van der Waals surface area contributed by atoms with Gasteiger partial charge in [0.15, 0.2) is 5.96 Å². The number of aryl methyl sites for hydroxylation is 1. The molecule has 1 atom stereocenters. The van der Waals surface area contributed by atoms with Crippen molar-refractivity contribution in [2.24, 2.45) is 12.0 Å². The number of hydrogen-bond donors (Lipinski definition) is 1. The van der Waals surface area contributed by atoms with Gasteiger partial charge < -0.3 is 15.0 Å². The molecule has 2 aliphatic rings. The van der Waals surface area contributed by atoms with Crippen LogP contribution in [0.5, 0.6) is 0 Å². The highest BCUT2D eigenvalue weighted by Crippen LogP contribution is 2.26. The maximum absolute atomic E-state index is 6.08. The highest BCUT2D eigenvalue weighted by atomic mass is 16.5. The van der Waals surface area contributed by atoms with Crippen LogP contribution in [-0.2, 0) is 11.8 Å². The number of aliphatic imine (C=N–C) groups is 1. The van der Waals surface area contributed by atoms with E-state index in [4.69, 9.17) is 9.73 Å². The second kappa shape index (κ2) is 9.95. The van der Waals surface area contributed by atoms with Crippen LogP contribution in [-0.4, -0.2) is 59.5 Å². The smallest absolute Gasteiger partial charge is 0.194 e. The summed E-state index contributed by atoms with van der Waals surface area (Å²) in [5.74, 6) is 1.58. The molecule has 1 aromatic rings. The summed E-state index contributed by atoms with van der Waals surface area (Å²) in [5.41, 5.74) is 1.34. The Labute approximate surface area is 158 Å². The molecule has 1 aromatic heterocycles. The van der Waals surface area contributed by atoms with E-state index in [1.165, 1.54) is 44.1 Å². The van der Waals surface area contributed by atoms with Gasteiger partial charge in [-0.3, -0.25) is 9.67 Å². The second-order valence-corrected chi connectivity index (χ2v) is 7.60. The van der Waals surface area contributed by atoms with Crippen LogP contribution in [0.4, 0.5) is 0 Å². The fraction of sp³-hybridized carbons (Fsp3) is 0.800. The third-order valence-corrected chi connectivity index (χ3v) is 5.53. The Morgan fingerprint density at radius 3 is 2.77 bits per heavy atom. The fourth-order valence-electron chi connectivity index (χ4n) is 4.08. The van der Waals surface area contributed by atoms with Crippen LogP contribution in [0.2, 0.25) is 0 Å². The van der Waals surface area contributed by atoms with Crippen molar-refractivity contribution in [3.8, 4) is 0 Å². The van der Waals surface area contributed by atoms with Gasteiger partial charge in [-0.25, -0.2) is 0 Å². The van der Waals surface area contributed by atoms with Crippen molar-refractivity contribution in [1.82, 2.24) is 20.0 Å². The normalized spacial score (nSPS) is 22.6. The van der Waals surface area contributed by atoms with Crippen LogP contribution in [0.3, 0.4) is 0 Å². The van der Waals surface area contributed by atoms with E-state index < -0.39 is 0 Å². The summed E-state index contributed by atoms with van der Waals surface area (Å²) in [6.07, 6.45) is 13.6. The predicted molar refractivity (Wildman–Crippen MR) is 106 cm³/mol. The Morgan fingerprint density at radius 2 is 2.08 bits per heavy atom. The molecule has 146 valence electrons. The molecule has 26 heavy (non-hydrogen) atoms. The third-order valence-electron chi connectivity index (χ3n) is 5.53. The van der Waals surface area contributed by atoms with Gasteiger partial charge in [-0.05, 0) is 31.7 Å². The monoisotopic (exact) mass is 361 g/mol. The Kier molecular flexibility index (Phi) is 7.35. The molecule has 1 saturated carbocycles. The largest absolute Gasteiger partial charge is 0.376 e. The second-order valence-electron chi connectivity index (χ2n) is 7.60. The number of hydrogen-bond acceptors (Lipinski definition) is 3. The van der Waals surface area contributed by atoms with E-state index in [-0.39, 0.29) is 0 Å². The molecular weight excluding hydrogens is 326 g/mol. The zero-order chi connectivity index (χ0) is 18.2. The molecule has 2 heterocycles. The lowest BCUT2D eigenvalue weighted by Gasteiger charge is -2.22. The van der Waals surface area contributed by atoms with Crippen LogP contribution < -0.4 is 5.32 Å². The minimum Gasteiger partial charge on any atom is -0.376 e. The summed E-state index contributed by atoms with van der Waals surface area (Å²) < 4.78 is 7.97. The van der Waals surface area contributed by atoms with Crippen LogP contribution in [0.1, 0.15) is 63.4 Å². The Balaban J connectivity index is 1.47. The summed E-state index contributed by atoms with van der Waals surface area (Å²) in [7, 11) is 1.98. The average Bonchev–Trinajstić information content (AvgIpc) is 3.21. The lowest BCUT2D eigenvalue weighted by atomic mass is 10.0. The summed E-state index contributed by atoms with van der Waals surface area (Å²) in [4.78, 5) is 7.20. The number of guanidine groups is 1. The van der Waals surface area contributed by atoms with Gasteiger partial charge in [0.25, 0.3) is 0 Å². The molecule has 1 saturated heterocycles. The van der Waals surface area contributed by atoms with E-state index in [1.54, 1.807) is 0 Å². The molecule has 3 rings (SSSR count). The molecule has 0 spiro atoms. The van der Waals surface area contributed by atoms with Gasteiger partial charge in [0, 0.05) is 38.8 Å². The first kappa shape index (κ1) is 19.2. The van der Waals surface area contributed by atoms with Crippen molar-refractivity contribution < 1.29 is 4.74 Å². The maximum Gasteiger partial charge on any atom is 0.194 e. The number of nitrogens with one attached hydrogen (secondary N) is 1. The molecule has 1 unspecified atom stereocenters. The Bertz CT molecular complexity index is 562. The summed E-state index contributed by atoms with van der Waals surface area (Å²) in [6, 6.07) is 0. The zero-order valence-corrected chi connectivity index (χ0v) is 16.5. The molecule has 0 bridgehead atoms. The van der Waals surface area contributed by atoms with Crippen molar-refractivity contribution in [2.45, 2.75) is 63.9 Å². The maximum atomic E-state index is 6.08. The third kappa shape index (κ3) is 5.47. The van der Waals surface area contributed by atoms with Crippen molar-refractivity contribution >= 4 is 5.96 Å².